The first kappa shape index (κ1) is 9.53. The van der Waals surface area contributed by atoms with Crippen LogP contribution in [0, 0.1) is 0 Å². The van der Waals surface area contributed by atoms with Gasteiger partial charge >= 0.3 is 0 Å². The van der Waals surface area contributed by atoms with E-state index in [0.29, 0.717) is 23.6 Å². The van der Waals surface area contributed by atoms with Gasteiger partial charge in [0.05, 0.1) is 0 Å². The molecule has 1 aromatic carbocycles. The quantitative estimate of drug-likeness (QED) is 0.774. The van der Waals surface area contributed by atoms with Gasteiger partial charge in [-0.15, -0.1) is 0 Å². The fourth-order valence-corrected chi connectivity index (χ4v) is 2.26. The summed E-state index contributed by atoms with van der Waals surface area (Å²) < 4.78 is 0. The van der Waals surface area contributed by atoms with E-state index in [9.17, 15) is 9.90 Å². The Labute approximate surface area is 87.5 Å². The normalized spacial score (nSPS) is 21.5. The highest BCUT2D eigenvalue weighted by atomic mass is 35.5. The molecule has 74 valence electrons. The van der Waals surface area contributed by atoms with E-state index >= 15 is 0 Å². The Morgan fingerprint density at radius 3 is 2.79 bits per heavy atom. The minimum absolute atomic E-state index is 0.170. The Kier molecular flexibility index (Phi) is 2.46. The van der Waals surface area contributed by atoms with Crippen LogP contribution >= 0.6 is 11.6 Å². The molecule has 1 N–H and O–H groups in total. The van der Waals surface area contributed by atoms with Gasteiger partial charge in [-0.25, -0.2) is 0 Å². The van der Waals surface area contributed by atoms with Crippen LogP contribution in [0.3, 0.4) is 0 Å². The zero-order chi connectivity index (χ0) is 10.1. The van der Waals surface area contributed by atoms with Crippen molar-refractivity contribution in [1.82, 2.24) is 0 Å². The number of Topliss-reactive ketones (excluding diaryl/α,β-unsaturated/α-hetero) is 1. The third-order valence-corrected chi connectivity index (χ3v) is 3.00. The predicted molar refractivity (Wildman–Crippen MR) is 54.7 cm³/mol. The van der Waals surface area contributed by atoms with Crippen molar-refractivity contribution in [2.75, 3.05) is 0 Å². The van der Waals surface area contributed by atoms with E-state index < -0.39 is 0 Å². The van der Waals surface area contributed by atoms with E-state index in [1.807, 2.05) is 0 Å². The number of hydrogen-bond donors (Lipinski definition) is 1. The van der Waals surface area contributed by atoms with Crippen LogP contribution in [-0.2, 0) is 4.79 Å². The number of carbonyl (C=O) groups is 1. The molecular weight excluding hydrogens is 200 g/mol. The summed E-state index contributed by atoms with van der Waals surface area (Å²) in [5.74, 6) is 0.720. The first-order valence-electron chi connectivity index (χ1n) is 4.67. The standard InChI is InChI=1S/C11H11ClO2/c12-11-6-9(14)3-4-10(11)7-1-2-8(13)5-7/h3-4,6-7,14H,1-2,5H2. The number of aromatic hydroxyl groups is 1. The van der Waals surface area contributed by atoms with E-state index in [1.54, 1.807) is 12.1 Å². The molecule has 1 unspecified atom stereocenters. The highest BCUT2D eigenvalue weighted by Crippen LogP contribution is 2.37. The second kappa shape index (κ2) is 3.62. The minimum atomic E-state index is 0.170. The molecule has 0 bridgehead atoms. The Hall–Kier alpha value is -1.02. The Morgan fingerprint density at radius 2 is 2.21 bits per heavy atom. The van der Waals surface area contributed by atoms with Crippen LogP contribution in [0.1, 0.15) is 30.7 Å². The van der Waals surface area contributed by atoms with Crippen molar-refractivity contribution in [3.05, 3.63) is 28.8 Å². The topological polar surface area (TPSA) is 37.3 Å². The van der Waals surface area contributed by atoms with Crippen molar-refractivity contribution in [2.45, 2.75) is 25.2 Å². The summed E-state index contributed by atoms with van der Waals surface area (Å²) >= 11 is 5.99. The molecule has 0 heterocycles. The molecule has 1 atom stereocenters. The molecular formula is C11H11ClO2. The highest BCUT2D eigenvalue weighted by molar-refractivity contribution is 6.31. The predicted octanol–water partition coefficient (Wildman–Crippen LogP) is 2.88. The van der Waals surface area contributed by atoms with Crippen LogP contribution in [0.5, 0.6) is 5.75 Å². The molecule has 3 heteroatoms. The lowest BCUT2D eigenvalue weighted by molar-refractivity contribution is -0.117. The summed E-state index contributed by atoms with van der Waals surface area (Å²) in [6.45, 7) is 0. The van der Waals surface area contributed by atoms with Crippen molar-refractivity contribution in [3.8, 4) is 5.75 Å². The van der Waals surface area contributed by atoms with Crippen molar-refractivity contribution < 1.29 is 9.90 Å². The number of carbonyl (C=O) groups excluding carboxylic acids is 1. The first-order valence-corrected chi connectivity index (χ1v) is 5.04. The van der Waals surface area contributed by atoms with Gasteiger partial charge in [0.1, 0.15) is 11.5 Å². The molecule has 0 radical (unpaired) electrons. The summed E-state index contributed by atoms with van der Waals surface area (Å²) in [5.41, 5.74) is 0.982. The van der Waals surface area contributed by atoms with Crippen LogP contribution < -0.4 is 0 Å². The molecule has 0 aliphatic heterocycles. The smallest absolute Gasteiger partial charge is 0.133 e. The first-order chi connectivity index (χ1) is 6.66. The molecule has 0 spiro atoms. The van der Waals surface area contributed by atoms with Gasteiger partial charge in [-0.1, -0.05) is 17.7 Å². The van der Waals surface area contributed by atoms with Crippen LogP contribution in [0.25, 0.3) is 0 Å². The molecule has 14 heavy (non-hydrogen) atoms. The number of phenols is 1. The van der Waals surface area contributed by atoms with E-state index in [0.717, 1.165) is 12.0 Å². The van der Waals surface area contributed by atoms with Gasteiger partial charge in [-0.3, -0.25) is 4.79 Å². The molecule has 2 nitrogen and oxygen atoms in total. The molecule has 1 aliphatic rings. The lowest BCUT2D eigenvalue weighted by atomic mass is 9.97. The van der Waals surface area contributed by atoms with E-state index in [-0.39, 0.29) is 11.7 Å². The summed E-state index contributed by atoms with van der Waals surface area (Å²) in [5, 5.41) is 9.74. The van der Waals surface area contributed by atoms with Gasteiger partial charge in [0, 0.05) is 17.9 Å². The average Bonchev–Trinajstić information content (AvgIpc) is 2.51. The van der Waals surface area contributed by atoms with Gasteiger partial charge in [0.15, 0.2) is 0 Å². The maximum Gasteiger partial charge on any atom is 0.133 e. The van der Waals surface area contributed by atoms with Crippen molar-refractivity contribution in [1.29, 1.82) is 0 Å². The van der Waals surface area contributed by atoms with E-state index in [1.165, 1.54) is 6.07 Å². The second-order valence-electron chi connectivity index (χ2n) is 3.68. The van der Waals surface area contributed by atoms with Gasteiger partial charge in [-0.05, 0) is 30.0 Å². The number of rotatable bonds is 1. The van der Waals surface area contributed by atoms with Gasteiger partial charge in [0.2, 0.25) is 0 Å². The van der Waals surface area contributed by atoms with Gasteiger partial charge < -0.3 is 5.11 Å². The van der Waals surface area contributed by atoms with Crippen LogP contribution in [0.4, 0.5) is 0 Å². The fourth-order valence-electron chi connectivity index (χ4n) is 1.93. The molecule has 2 rings (SSSR count). The maximum absolute atomic E-state index is 11.1. The third-order valence-electron chi connectivity index (χ3n) is 2.67. The highest BCUT2D eigenvalue weighted by Gasteiger charge is 2.25. The minimum Gasteiger partial charge on any atom is -0.508 e. The van der Waals surface area contributed by atoms with Crippen LogP contribution in [-0.4, -0.2) is 10.9 Å². The Balaban J connectivity index is 2.28. The Morgan fingerprint density at radius 1 is 1.43 bits per heavy atom. The van der Waals surface area contributed by atoms with Crippen molar-refractivity contribution >= 4 is 17.4 Å². The van der Waals surface area contributed by atoms with Gasteiger partial charge in [0.25, 0.3) is 0 Å². The molecule has 1 fully saturated rings. The summed E-state index contributed by atoms with van der Waals surface area (Å²) in [6, 6.07) is 4.95. The molecule has 1 aliphatic carbocycles. The largest absolute Gasteiger partial charge is 0.508 e. The lowest BCUT2D eigenvalue weighted by Gasteiger charge is -2.10. The monoisotopic (exact) mass is 210 g/mol. The van der Waals surface area contributed by atoms with Gasteiger partial charge in [-0.2, -0.15) is 0 Å². The summed E-state index contributed by atoms with van der Waals surface area (Å²) in [7, 11) is 0. The van der Waals surface area contributed by atoms with Crippen molar-refractivity contribution in [2.24, 2.45) is 0 Å². The van der Waals surface area contributed by atoms with E-state index in [2.05, 4.69) is 0 Å². The van der Waals surface area contributed by atoms with E-state index in [4.69, 9.17) is 11.6 Å². The Bertz CT molecular complexity index is 374. The molecule has 1 saturated carbocycles. The number of ketones is 1. The number of hydrogen-bond acceptors (Lipinski definition) is 2. The molecule has 0 aromatic heterocycles. The summed E-state index contributed by atoms with van der Waals surface area (Å²) in [4.78, 5) is 11.1. The fraction of sp³-hybridized carbons (Fsp3) is 0.364. The summed E-state index contributed by atoms with van der Waals surface area (Å²) in [6.07, 6.45) is 2.12. The third kappa shape index (κ3) is 1.75. The van der Waals surface area contributed by atoms with Crippen LogP contribution in [0.15, 0.2) is 18.2 Å². The second-order valence-corrected chi connectivity index (χ2v) is 4.09. The average molecular weight is 211 g/mol. The number of benzene rings is 1. The zero-order valence-electron chi connectivity index (χ0n) is 7.66. The van der Waals surface area contributed by atoms with Crippen molar-refractivity contribution in [3.63, 3.8) is 0 Å². The molecule has 0 saturated heterocycles. The lowest BCUT2D eigenvalue weighted by Crippen LogP contribution is -1.94. The van der Waals surface area contributed by atoms with Crippen LogP contribution in [0.2, 0.25) is 5.02 Å². The zero-order valence-corrected chi connectivity index (χ0v) is 8.42. The maximum atomic E-state index is 11.1. The number of phenolic OH excluding ortho intramolecular Hbond substituents is 1. The molecule has 1 aromatic rings. The molecule has 0 amide bonds. The number of halogens is 1. The SMILES string of the molecule is O=C1CCC(c2ccc(O)cc2Cl)C1.